The Hall–Kier alpha value is -3.98. The summed E-state index contributed by atoms with van der Waals surface area (Å²) in [5.74, 6) is 0.268. The molecular formula is C28H30F2N4O3. The molecule has 0 spiro atoms. The minimum Gasteiger partial charge on any atom is -0.457 e. The van der Waals surface area contributed by atoms with Gasteiger partial charge in [-0.15, -0.1) is 0 Å². The monoisotopic (exact) mass is 508 g/mol. The first kappa shape index (κ1) is 26.1. The fourth-order valence-corrected chi connectivity index (χ4v) is 4.19. The van der Waals surface area contributed by atoms with Gasteiger partial charge in [0.15, 0.2) is 0 Å². The number of carbonyl (C=O) groups excluding carboxylic acids is 2. The van der Waals surface area contributed by atoms with E-state index in [1.54, 1.807) is 34.1 Å². The number of amides is 2. The predicted molar refractivity (Wildman–Crippen MR) is 137 cm³/mol. The number of likely N-dealkylation sites (tertiary alicyclic amines) is 1. The molecule has 0 radical (unpaired) electrons. The van der Waals surface area contributed by atoms with E-state index >= 15 is 0 Å². The Morgan fingerprint density at radius 2 is 1.70 bits per heavy atom. The number of rotatable bonds is 10. The lowest BCUT2D eigenvalue weighted by atomic mass is 10.1. The summed E-state index contributed by atoms with van der Waals surface area (Å²) in [5, 5.41) is 2.73. The van der Waals surface area contributed by atoms with Crippen LogP contribution in [0.4, 0.5) is 14.5 Å². The van der Waals surface area contributed by atoms with Crippen molar-refractivity contribution in [1.82, 2.24) is 10.2 Å². The molecule has 1 atom stereocenters. The van der Waals surface area contributed by atoms with Crippen molar-refractivity contribution in [3.8, 4) is 11.5 Å². The number of nitrogens with two attached hydrogens (primary N) is 1. The van der Waals surface area contributed by atoms with Crippen molar-refractivity contribution in [2.45, 2.75) is 25.7 Å². The molecule has 0 aliphatic carbocycles. The number of anilines is 1. The van der Waals surface area contributed by atoms with Gasteiger partial charge in [0.1, 0.15) is 24.0 Å². The zero-order valence-corrected chi connectivity index (χ0v) is 20.4. The third-order valence-electron chi connectivity index (χ3n) is 6.08. The van der Waals surface area contributed by atoms with E-state index in [1.165, 1.54) is 12.1 Å². The molecule has 0 bridgehead atoms. The van der Waals surface area contributed by atoms with Crippen molar-refractivity contribution in [3.63, 3.8) is 0 Å². The first-order valence-electron chi connectivity index (χ1n) is 12.1. The van der Waals surface area contributed by atoms with Gasteiger partial charge in [-0.1, -0.05) is 24.3 Å². The second-order valence-corrected chi connectivity index (χ2v) is 9.03. The van der Waals surface area contributed by atoms with Gasteiger partial charge in [-0.3, -0.25) is 9.59 Å². The van der Waals surface area contributed by atoms with Crippen LogP contribution in [-0.4, -0.2) is 48.9 Å². The van der Waals surface area contributed by atoms with Crippen LogP contribution >= 0.6 is 0 Å². The molecule has 37 heavy (non-hydrogen) atoms. The second kappa shape index (κ2) is 12.3. The van der Waals surface area contributed by atoms with Crippen LogP contribution in [0, 0.1) is 5.82 Å². The number of nitrogens with one attached hydrogen (secondary N) is 1. The largest absolute Gasteiger partial charge is 0.457 e. The highest BCUT2D eigenvalue weighted by Crippen LogP contribution is 2.24. The Morgan fingerprint density at radius 3 is 2.38 bits per heavy atom. The summed E-state index contributed by atoms with van der Waals surface area (Å²) in [6, 6.07) is 20.3. The number of halogens is 2. The van der Waals surface area contributed by atoms with Gasteiger partial charge in [-0.05, 0) is 66.1 Å². The zero-order chi connectivity index (χ0) is 26.2. The summed E-state index contributed by atoms with van der Waals surface area (Å²) >= 11 is 0. The molecule has 1 heterocycles. The summed E-state index contributed by atoms with van der Waals surface area (Å²) in [4.78, 5) is 29.1. The molecule has 1 aliphatic rings. The quantitative estimate of drug-likeness (QED) is 0.435. The number of benzene rings is 3. The fraction of sp³-hybridized carbons (Fsp3) is 0.286. The van der Waals surface area contributed by atoms with E-state index < -0.39 is 12.5 Å². The molecule has 9 heteroatoms. The molecule has 0 saturated carbocycles. The summed E-state index contributed by atoms with van der Waals surface area (Å²) in [7, 11) is 0. The molecule has 1 aliphatic heterocycles. The highest BCUT2D eigenvalue weighted by molar-refractivity contribution is 5.86. The maximum Gasteiger partial charge on any atom is 0.242 e. The number of nitrogens with zero attached hydrogens (tertiary/aromatic N) is 2. The minimum absolute atomic E-state index is 0.00893. The number of ether oxygens (including phenoxy) is 1. The Morgan fingerprint density at radius 1 is 1.00 bits per heavy atom. The van der Waals surface area contributed by atoms with Crippen LogP contribution in [0.2, 0.25) is 0 Å². The first-order valence-corrected chi connectivity index (χ1v) is 12.1. The van der Waals surface area contributed by atoms with Crippen LogP contribution in [0.1, 0.15) is 17.5 Å². The summed E-state index contributed by atoms with van der Waals surface area (Å²) in [6.45, 7) is 0.204. The van der Waals surface area contributed by atoms with E-state index in [2.05, 4.69) is 5.32 Å². The lowest BCUT2D eigenvalue weighted by molar-refractivity contribution is -0.128. The van der Waals surface area contributed by atoms with Gasteiger partial charge in [0.05, 0.1) is 13.1 Å². The van der Waals surface area contributed by atoms with Crippen LogP contribution in [0.5, 0.6) is 11.5 Å². The SMILES string of the molecule is NC1CCN(C(=O)CN(CC(=O)NCc2cc(F)cc(CF)c2)c2ccc(Oc3ccccc3)cc2)C1. The summed E-state index contributed by atoms with van der Waals surface area (Å²) < 4.78 is 32.5. The molecule has 2 amide bonds. The topological polar surface area (TPSA) is 87.9 Å². The maximum atomic E-state index is 13.7. The Labute approximate surface area is 214 Å². The van der Waals surface area contributed by atoms with Crippen LogP contribution in [0.3, 0.4) is 0 Å². The molecule has 194 valence electrons. The van der Waals surface area contributed by atoms with Gasteiger partial charge in [-0.25, -0.2) is 8.78 Å². The van der Waals surface area contributed by atoms with Crippen molar-refractivity contribution in [2.24, 2.45) is 5.73 Å². The van der Waals surface area contributed by atoms with Crippen LogP contribution < -0.4 is 20.7 Å². The van der Waals surface area contributed by atoms with E-state index in [0.29, 0.717) is 35.8 Å². The van der Waals surface area contributed by atoms with E-state index in [4.69, 9.17) is 10.5 Å². The lowest BCUT2D eigenvalue weighted by Crippen LogP contribution is -2.44. The van der Waals surface area contributed by atoms with Gasteiger partial charge in [0.2, 0.25) is 11.8 Å². The first-order chi connectivity index (χ1) is 17.9. The number of para-hydroxylation sites is 1. The molecule has 3 N–H and O–H groups in total. The van der Waals surface area contributed by atoms with Crippen LogP contribution in [-0.2, 0) is 22.8 Å². The molecule has 0 aromatic heterocycles. The second-order valence-electron chi connectivity index (χ2n) is 9.03. The standard InChI is InChI=1S/C28H30F2N4O3/c29-15-20-12-21(14-22(30)13-20)16-32-27(35)18-34(19-28(36)33-11-10-23(31)17-33)24-6-8-26(9-7-24)37-25-4-2-1-3-5-25/h1-9,12-14,23H,10-11,15-19,31H2,(H,32,35). The van der Waals surface area contributed by atoms with Crippen LogP contribution in [0.25, 0.3) is 0 Å². The van der Waals surface area contributed by atoms with Gasteiger partial charge in [0, 0.05) is 31.4 Å². The highest BCUT2D eigenvalue weighted by Gasteiger charge is 2.26. The van der Waals surface area contributed by atoms with Crippen molar-refractivity contribution in [3.05, 3.63) is 89.7 Å². The van der Waals surface area contributed by atoms with Crippen LogP contribution in [0.15, 0.2) is 72.8 Å². The lowest BCUT2D eigenvalue weighted by Gasteiger charge is -2.26. The number of hydrogen-bond donors (Lipinski definition) is 2. The summed E-state index contributed by atoms with van der Waals surface area (Å²) in [5.41, 5.74) is 7.28. The third-order valence-corrected chi connectivity index (χ3v) is 6.08. The van der Waals surface area contributed by atoms with Gasteiger partial charge in [-0.2, -0.15) is 0 Å². The van der Waals surface area contributed by atoms with Crippen molar-refractivity contribution in [1.29, 1.82) is 0 Å². The number of carbonyl (C=O) groups is 2. The molecular weight excluding hydrogens is 478 g/mol. The Balaban J connectivity index is 1.44. The van der Waals surface area contributed by atoms with Gasteiger partial charge in [0.25, 0.3) is 0 Å². The molecule has 3 aromatic rings. The van der Waals surface area contributed by atoms with E-state index in [9.17, 15) is 18.4 Å². The molecule has 7 nitrogen and oxygen atoms in total. The molecule has 1 fully saturated rings. The minimum atomic E-state index is -0.793. The average molecular weight is 509 g/mol. The van der Waals surface area contributed by atoms with Crippen molar-refractivity contribution >= 4 is 17.5 Å². The van der Waals surface area contributed by atoms with Crippen molar-refractivity contribution in [2.75, 3.05) is 31.1 Å². The van der Waals surface area contributed by atoms with Gasteiger partial charge < -0.3 is 25.6 Å². The average Bonchev–Trinajstić information content (AvgIpc) is 3.34. The molecule has 1 unspecified atom stereocenters. The molecule has 4 rings (SSSR count). The zero-order valence-electron chi connectivity index (χ0n) is 20.4. The Bertz CT molecular complexity index is 1210. The number of alkyl halides is 1. The third kappa shape index (κ3) is 7.50. The van der Waals surface area contributed by atoms with E-state index in [0.717, 1.165) is 12.5 Å². The van der Waals surface area contributed by atoms with E-state index in [-0.39, 0.29) is 43.1 Å². The fourth-order valence-electron chi connectivity index (χ4n) is 4.19. The highest BCUT2D eigenvalue weighted by atomic mass is 19.1. The van der Waals surface area contributed by atoms with E-state index in [1.807, 2.05) is 30.3 Å². The maximum absolute atomic E-state index is 13.7. The molecule has 3 aromatic carbocycles. The Kier molecular flexibility index (Phi) is 8.68. The summed E-state index contributed by atoms with van der Waals surface area (Å²) in [6.07, 6.45) is 0.742. The van der Waals surface area contributed by atoms with Gasteiger partial charge >= 0.3 is 0 Å². The number of hydrogen-bond acceptors (Lipinski definition) is 5. The molecule has 1 saturated heterocycles. The predicted octanol–water partition coefficient (Wildman–Crippen LogP) is 3.77. The normalized spacial score (nSPS) is 14.9. The van der Waals surface area contributed by atoms with Crippen molar-refractivity contribution < 1.29 is 23.1 Å². The smallest absolute Gasteiger partial charge is 0.242 e.